The molecule has 3 nitrogen and oxygen atoms in total. The predicted octanol–water partition coefficient (Wildman–Crippen LogP) is 5.03. The molecule has 0 amide bonds. The molecule has 0 saturated carbocycles. The summed E-state index contributed by atoms with van der Waals surface area (Å²) < 4.78 is 5.18. The second kappa shape index (κ2) is 6.65. The molecular formula is C21H17NO2S. The van der Waals surface area contributed by atoms with E-state index in [1.807, 2.05) is 60.7 Å². The molecule has 0 aliphatic heterocycles. The second-order valence-electron chi connectivity index (χ2n) is 5.93. The summed E-state index contributed by atoms with van der Waals surface area (Å²) in [7, 11) is 1.65. The van der Waals surface area contributed by atoms with Gasteiger partial charge in [0.05, 0.1) is 17.7 Å². The Labute approximate surface area is 150 Å². The molecule has 1 heterocycles. The van der Waals surface area contributed by atoms with E-state index in [1.165, 1.54) is 11.3 Å². The first-order chi connectivity index (χ1) is 12.2. The van der Waals surface area contributed by atoms with Crippen molar-refractivity contribution in [3.8, 4) is 16.3 Å². The molecule has 2 aromatic carbocycles. The first-order valence-corrected chi connectivity index (χ1v) is 9.00. The number of ether oxygens (including phenoxy) is 1. The normalized spacial score (nSPS) is 15.2. The van der Waals surface area contributed by atoms with Crippen LogP contribution in [-0.2, 0) is 6.42 Å². The number of allylic oxidation sites excluding steroid dienone is 1. The van der Waals surface area contributed by atoms with Crippen LogP contribution in [0.3, 0.4) is 0 Å². The molecule has 4 heteroatoms. The predicted molar refractivity (Wildman–Crippen MR) is 101 cm³/mol. The molecule has 25 heavy (non-hydrogen) atoms. The monoisotopic (exact) mass is 347 g/mol. The van der Waals surface area contributed by atoms with Crippen LogP contribution >= 0.6 is 11.3 Å². The third kappa shape index (κ3) is 3.13. The van der Waals surface area contributed by atoms with Crippen LogP contribution in [0.5, 0.6) is 5.75 Å². The van der Waals surface area contributed by atoms with Crippen molar-refractivity contribution in [1.29, 1.82) is 0 Å². The molecule has 1 aliphatic rings. The molecule has 1 aromatic heterocycles. The van der Waals surface area contributed by atoms with Gasteiger partial charge in [0.2, 0.25) is 5.78 Å². The number of rotatable bonds is 3. The minimum atomic E-state index is 0.108. The molecule has 0 fully saturated rings. The number of aromatic nitrogens is 1. The third-order valence-electron chi connectivity index (χ3n) is 4.30. The van der Waals surface area contributed by atoms with E-state index in [4.69, 9.17) is 4.74 Å². The summed E-state index contributed by atoms with van der Waals surface area (Å²) in [5.74, 6) is 0.922. The van der Waals surface area contributed by atoms with Gasteiger partial charge >= 0.3 is 0 Å². The van der Waals surface area contributed by atoms with Crippen LogP contribution < -0.4 is 4.74 Å². The third-order valence-corrected chi connectivity index (χ3v) is 5.45. The Balaban J connectivity index is 1.64. The molecule has 0 radical (unpaired) electrons. The number of nitrogens with zero attached hydrogens (tertiary/aromatic N) is 1. The molecule has 124 valence electrons. The van der Waals surface area contributed by atoms with Crippen molar-refractivity contribution in [2.45, 2.75) is 12.8 Å². The van der Waals surface area contributed by atoms with Gasteiger partial charge in [-0.3, -0.25) is 4.79 Å². The van der Waals surface area contributed by atoms with Crippen molar-refractivity contribution < 1.29 is 9.53 Å². The van der Waals surface area contributed by atoms with Gasteiger partial charge in [-0.05, 0) is 36.6 Å². The van der Waals surface area contributed by atoms with E-state index < -0.39 is 0 Å². The standard InChI is InChI=1S/C21H17NO2S/c1-24-17-10-7-14(8-11-17)13-16-9-12-18-20(19(16)23)25-21(22-18)15-5-3-2-4-6-15/h2-8,10-11,13H,9,12H2,1H3/b16-13+. The van der Waals surface area contributed by atoms with E-state index in [1.54, 1.807) is 7.11 Å². The molecular weight excluding hydrogens is 330 g/mol. The Bertz CT molecular complexity index is 940. The molecule has 0 spiro atoms. The van der Waals surface area contributed by atoms with Gasteiger partial charge in [0, 0.05) is 11.1 Å². The summed E-state index contributed by atoms with van der Waals surface area (Å²) in [6.45, 7) is 0. The fourth-order valence-electron chi connectivity index (χ4n) is 2.95. The first-order valence-electron chi connectivity index (χ1n) is 8.19. The average Bonchev–Trinajstić information content (AvgIpc) is 3.11. The smallest absolute Gasteiger partial charge is 0.200 e. The lowest BCUT2D eigenvalue weighted by atomic mass is 9.94. The zero-order valence-electron chi connectivity index (χ0n) is 13.9. The van der Waals surface area contributed by atoms with E-state index >= 15 is 0 Å². The van der Waals surface area contributed by atoms with Gasteiger partial charge in [0.25, 0.3) is 0 Å². The number of carbonyl (C=O) groups excluding carboxylic acids is 1. The highest BCUT2D eigenvalue weighted by atomic mass is 32.1. The minimum absolute atomic E-state index is 0.108. The van der Waals surface area contributed by atoms with Gasteiger partial charge in [0.1, 0.15) is 10.8 Å². The Morgan fingerprint density at radius 2 is 1.80 bits per heavy atom. The van der Waals surface area contributed by atoms with Crippen molar-refractivity contribution in [2.75, 3.05) is 7.11 Å². The quantitative estimate of drug-likeness (QED) is 0.624. The first kappa shape index (κ1) is 15.8. The summed E-state index contributed by atoms with van der Waals surface area (Å²) >= 11 is 1.50. The van der Waals surface area contributed by atoms with E-state index in [9.17, 15) is 4.79 Å². The largest absolute Gasteiger partial charge is 0.497 e. The number of aryl methyl sites for hydroxylation is 1. The van der Waals surface area contributed by atoms with E-state index in [2.05, 4.69) is 4.98 Å². The van der Waals surface area contributed by atoms with Crippen LogP contribution in [0, 0.1) is 0 Å². The molecule has 1 aliphatic carbocycles. The summed E-state index contributed by atoms with van der Waals surface area (Å²) in [5, 5.41) is 0.921. The Morgan fingerprint density at radius 1 is 1.04 bits per heavy atom. The van der Waals surface area contributed by atoms with Crippen LogP contribution in [0.15, 0.2) is 60.2 Å². The van der Waals surface area contributed by atoms with Gasteiger partial charge < -0.3 is 4.74 Å². The average molecular weight is 347 g/mol. The summed E-state index contributed by atoms with van der Waals surface area (Å²) in [6.07, 6.45) is 3.52. The molecule has 0 unspecified atom stereocenters. The van der Waals surface area contributed by atoms with Crippen molar-refractivity contribution in [3.63, 3.8) is 0 Å². The number of hydrogen-bond acceptors (Lipinski definition) is 4. The van der Waals surface area contributed by atoms with E-state index in [0.717, 1.165) is 50.9 Å². The maximum Gasteiger partial charge on any atom is 0.200 e. The molecule has 0 bridgehead atoms. The minimum Gasteiger partial charge on any atom is -0.497 e. The van der Waals surface area contributed by atoms with Crippen LogP contribution in [0.1, 0.15) is 27.3 Å². The maximum absolute atomic E-state index is 12.9. The maximum atomic E-state index is 12.9. The van der Waals surface area contributed by atoms with E-state index in [0.29, 0.717) is 0 Å². The fraction of sp³-hybridized carbons (Fsp3) is 0.143. The van der Waals surface area contributed by atoms with E-state index in [-0.39, 0.29) is 5.78 Å². The van der Waals surface area contributed by atoms with Crippen LogP contribution in [0.25, 0.3) is 16.6 Å². The molecule has 0 N–H and O–H groups in total. The van der Waals surface area contributed by atoms with Crippen LogP contribution in [0.4, 0.5) is 0 Å². The zero-order chi connectivity index (χ0) is 17.2. The van der Waals surface area contributed by atoms with Crippen LogP contribution in [0.2, 0.25) is 0 Å². The number of benzene rings is 2. The number of ketones is 1. The SMILES string of the molecule is COc1ccc(/C=C2\CCc3nc(-c4ccccc4)sc3C2=O)cc1. The van der Waals surface area contributed by atoms with Crippen molar-refractivity contribution in [2.24, 2.45) is 0 Å². The zero-order valence-corrected chi connectivity index (χ0v) is 14.7. The van der Waals surface area contributed by atoms with Crippen LogP contribution in [-0.4, -0.2) is 17.9 Å². The van der Waals surface area contributed by atoms with Crippen molar-refractivity contribution >= 4 is 23.2 Å². The summed E-state index contributed by atoms with van der Waals surface area (Å²) in [4.78, 5) is 18.3. The lowest BCUT2D eigenvalue weighted by Gasteiger charge is -2.12. The second-order valence-corrected chi connectivity index (χ2v) is 6.93. The number of hydrogen-bond donors (Lipinski definition) is 0. The van der Waals surface area contributed by atoms with Gasteiger partial charge in [-0.1, -0.05) is 42.5 Å². The van der Waals surface area contributed by atoms with Gasteiger partial charge in [-0.25, -0.2) is 4.98 Å². The summed E-state index contributed by atoms with van der Waals surface area (Å²) in [5.41, 5.74) is 3.86. The molecule has 4 rings (SSSR count). The Hall–Kier alpha value is -2.72. The molecule has 0 saturated heterocycles. The highest BCUT2D eigenvalue weighted by molar-refractivity contribution is 7.17. The van der Waals surface area contributed by atoms with Crippen molar-refractivity contribution in [3.05, 3.63) is 76.3 Å². The number of methoxy groups -OCH3 is 1. The Morgan fingerprint density at radius 3 is 2.52 bits per heavy atom. The highest BCUT2D eigenvalue weighted by Crippen LogP contribution is 2.35. The fourth-order valence-corrected chi connectivity index (χ4v) is 4.05. The van der Waals surface area contributed by atoms with Crippen molar-refractivity contribution in [1.82, 2.24) is 4.98 Å². The number of fused-ring (bicyclic) bond motifs is 1. The number of Topliss-reactive ketones (excluding diaryl/α,β-unsaturated/α-hetero) is 1. The number of carbonyl (C=O) groups is 1. The van der Waals surface area contributed by atoms with Gasteiger partial charge in [0.15, 0.2) is 0 Å². The molecule has 3 aromatic rings. The highest BCUT2D eigenvalue weighted by Gasteiger charge is 2.26. The summed E-state index contributed by atoms with van der Waals surface area (Å²) in [6, 6.07) is 17.8. The number of thiazole rings is 1. The lowest BCUT2D eigenvalue weighted by molar-refractivity contribution is 0.103. The molecule has 0 atom stereocenters. The topological polar surface area (TPSA) is 39.2 Å². The Kier molecular flexibility index (Phi) is 4.20. The van der Waals surface area contributed by atoms with Gasteiger partial charge in [-0.15, -0.1) is 11.3 Å². The lowest BCUT2D eigenvalue weighted by Crippen LogP contribution is -2.12. The van der Waals surface area contributed by atoms with Gasteiger partial charge in [-0.2, -0.15) is 0 Å².